The van der Waals surface area contributed by atoms with E-state index in [2.05, 4.69) is 11.1 Å². The Kier molecular flexibility index (Phi) is 7.10. The number of rotatable bonds is 7. The van der Waals surface area contributed by atoms with Gasteiger partial charge in [-0.3, -0.25) is 4.98 Å². The fraction of sp³-hybridized carbons (Fsp3) is 0.476. The molecule has 3 rings (SSSR count). The van der Waals surface area contributed by atoms with Crippen molar-refractivity contribution >= 4 is 21.8 Å². The van der Waals surface area contributed by atoms with Crippen molar-refractivity contribution in [2.45, 2.75) is 39.0 Å². The van der Waals surface area contributed by atoms with E-state index in [0.717, 1.165) is 35.5 Å². The van der Waals surface area contributed by atoms with Gasteiger partial charge >= 0.3 is 0 Å². The van der Waals surface area contributed by atoms with Crippen LogP contribution >= 0.6 is 11.6 Å². The number of halogens is 1. The van der Waals surface area contributed by atoms with E-state index >= 15 is 0 Å². The van der Waals surface area contributed by atoms with E-state index in [1.165, 1.54) is 9.87 Å². The predicted octanol–water partition coefficient (Wildman–Crippen LogP) is 4.09. The molecule has 5 nitrogen and oxygen atoms in total. The first-order chi connectivity index (χ1) is 13.4. The van der Waals surface area contributed by atoms with E-state index in [1.807, 2.05) is 50.4 Å². The van der Waals surface area contributed by atoms with E-state index in [9.17, 15) is 8.42 Å². The fourth-order valence-electron chi connectivity index (χ4n) is 3.73. The molecule has 0 bridgehead atoms. The summed E-state index contributed by atoms with van der Waals surface area (Å²) in [6, 6.07) is 12.0. The van der Waals surface area contributed by atoms with E-state index in [-0.39, 0.29) is 5.92 Å². The largest absolute Gasteiger partial charge is 0.281 e. The van der Waals surface area contributed by atoms with Crippen LogP contribution in [0.5, 0.6) is 0 Å². The Morgan fingerprint density at radius 3 is 2.39 bits per heavy atom. The highest BCUT2D eigenvalue weighted by Crippen LogP contribution is 2.28. The van der Waals surface area contributed by atoms with Crippen molar-refractivity contribution in [1.29, 1.82) is 0 Å². The van der Waals surface area contributed by atoms with E-state index in [1.54, 1.807) is 4.31 Å². The van der Waals surface area contributed by atoms with Gasteiger partial charge in [-0.1, -0.05) is 43.6 Å². The van der Waals surface area contributed by atoms with Crippen molar-refractivity contribution in [3.05, 3.63) is 64.4 Å². The molecule has 28 heavy (non-hydrogen) atoms. The van der Waals surface area contributed by atoms with Crippen molar-refractivity contribution in [1.82, 2.24) is 13.6 Å². The zero-order valence-electron chi connectivity index (χ0n) is 16.5. The molecule has 1 aromatic carbocycles. The van der Waals surface area contributed by atoms with Gasteiger partial charge < -0.3 is 0 Å². The van der Waals surface area contributed by atoms with Crippen LogP contribution in [0, 0.1) is 0 Å². The molecule has 0 radical (unpaired) electrons. The number of aromatic nitrogens is 1. The maximum atomic E-state index is 12.8. The molecule has 1 fully saturated rings. The average molecular weight is 422 g/mol. The summed E-state index contributed by atoms with van der Waals surface area (Å²) < 4.78 is 28.8. The van der Waals surface area contributed by atoms with Gasteiger partial charge in [0.25, 0.3) is 10.2 Å². The van der Waals surface area contributed by atoms with Gasteiger partial charge in [0.15, 0.2) is 0 Å². The molecule has 7 heteroatoms. The molecule has 1 saturated heterocycles. The molecule has 0 saturated carbocycles. The smallest absolute Gasteiger partial charge is 0.261 e. The molecule has 1 aliphatic rings. The highest BCUT2D eigenvalue weighted by molar-refractivity contribution is 7.86. The van der Waals surface area contributed by atoms with Crippen LogP contribution in [-0.2, 0) is 16.6 Å². The van der Waals surface area contributed by atoms with Gasteiger partial charge in [0.1, 0.15) is 0 Å². The maximum Gasteiger partial charge on any atom is 0.281 e. The summed E-state index contributed by atoms with van der Waals surface area (Å²) in [7, 11) is -3.39. The third-order valence-corrected chi connectivity index (χ3v) is 7.73. The van der Waals surface area contributed by atoms with Gasteiger partial charge in [-0.25, -0.2) is 0 Å². The standard InChI is InChI=1S/C21H28ClN3O2S/c1-3-24(4-2)28(26,27)25-13-5-6-19(16-25)21-12-9-18(15-23-21)14-17-7-10-20(22)11-8-17/h7-12,15,19H,3-6,13-14,16H2,1-2H3. The van der Waals surface area contributed by atoms with Gasteiger partial charge in [-0.15, -0.1) is 0 Å². The average Bonchev–Trinajstić information content (AvgIpc) is 2.71. The quantitative estimate of drug-likeness (QED) is 0.676. The summed E-state index contributed by atoms with van der Waals surface area (Å²) in [5.41, 5.74) is 3.29. The van der Waals surface area contributed by atoms with Gasteiger partial charge in [-0.05, 0) is 48.6 Å². The highest BCUT2D eigenvalue weighted by Gasteiger charge is 2.33. The van der Waals surface area contributed by atoms with Crippen molar-refractivity contribution in [3.63, 3.8) is 0 Å². The first-order valence-corrected chi connectivity index (χ1v) is 11.7. The first-order valence-electron chi connectivity index (χ1n) is 9.88. The minimum absolute atomic E-state index is 0.142. The highest BCUT2D eigenvalue weighted by atomic mass is 35.5. The second kappa shape index (κ2) is 9.35. The monoisotopic (exact) mass is 421 g/mol. The molecule has 2 heterocycles. The molecule has 0 N–H and O–H groups in total. The SMILES string of the molecule is CCN(CC)S(=O)(=O)N1CCCC(c2ccc(Cc3ccc(Cl)cc3)cn2)C1. The third kappa shape index (κ3) is 4.92. The minimum atomic E-state index is -3.39. The van der Waals surface area contributed by atoms with Crippen LogP contribution in [0.3, 0.4) is 0 Å². The van der Waals surface area contributed by atoms with Crippen LogP contribution in [0.2, 0.25) is 5.02 Å². The molecule has 1 aliphatic heterocycles. The Morgan fingerprint density at radius 1 is 1.11 bits per heavy atom. The number of hydrogen-bond acceptors (Lipinski definition) is 3. The molecule has 1 aromatic heterocycles. The van der Waals surface area contributed by atoms with Crippen LogP contribution in [0.25, 0.3) is 0 Å². The van der Waals surface area contributed by atoms with E-state index in [4.69, 9.17) is 11.6 Å². The Hall–Kier alpha value is -1.47. The van der Waals surface area contributed by atoms with Crippen LogP contribution in [0.4, 0.5) is 0 Å². The second-order valence-electron chi connectivity index (χ2n) is 7.18. The summed E-state index contributed by atoms with van der Waals surface area (Å²) >= 11 is 5.94. The van der Waals surface area contributed by atoms with Crippen molar-refractivity contribution < 1.29 is 8.42 Å². The zero-order valence-corrected chi connectivity index (χ0v) is 18.1. The first kappa shape index (κ1) is 21.2. The molecule has 2 aromatic rings. The summed E-state index contributed by atoms with van der Waals surface area (Å²) in [4.78, 5) is 4.66. The number of pyridine rings is 1. The molecule has 1 atom stereocenters. The lowest BCUT2D eigenvalue weighted by molar-refractivity contribution is 0.285. The number of hydrogen-bond donors (Lipinski definition) is 0. The summed E-state index contributed by atoms with van der Waals surface area (Å²) in [5, 5.41) is 0.735. The van der Waals surface area contributed by atoms with E-state index in [0.29, 0.717) is 26.2 Å². The summed E-state index contributed by atoms with van der Waals surface area (Å²) in [5.74, 6) is 0.142. The van der Waals surface area contributed by atoms with Crippen LogP contribution in [-0.4, -0.2) is 48.2 Å². The lowest BCUT2D eigenvalue weighted by atomic mass is 9.95. The lowest BCUT2D eigenvalue weighted by Crippen LogP contribution is -2.47. The Balaban J connectivity index is 1.68. The molecule has 0 aliphatic carbocycles. The summed E-state index contributed by atoms with van der Waals surface area (Å²) in [6.45, 7) is 5.84. The molecule has 0 spiro atoms. The van der Waals surface area contributed by atoms with Crippen LogP contribution < -0.4 is 0 Å². The van der Waals surface area contributed by atoms with Crippen LogP contribution in [0.1, 0.15) is 49.4 Å². The van der Waals surface area contributed by atoms with Gasteiger partial charge in [0.05, 0.1) is 0 Å². The molecule has 152 valence electrons. The predicted molar refractivity (Wildman–Crippen MR) is 114 cm³/mol. The lowest BCUT2D eigenvalue weighted by Gasteiger charge is -2.34. The molecular weight excluding hydrogens is 394 g/mol. The molecule has 1 unspecified atom stereocenters. The van der Waals surface area contributed by atoms with Gasteiger partial charge in [-0.2, -0.15) is 17.0 Å². The molecular formula is C21H28ClN3O2S. The van der Waals surface area contributed by atoms with Crippen molar-refractivity contribution in [3.8, 4) is 0 Å². The third-order valence-electron chi connectivity index (χ3n) is 5.33. The van der Waals surface area contributed by atoms with E-state index < -0.39 is 10.2 Å². The number of nitrogens with zero attached hydrogens (tertiary/aromatic N) is 3. The van der Waals surface area contributed by atoms with Crippen molar-refractivity contribution in [2.75, 3.05) is 26.2 Å². The van der Waals surface area contributed by atoms with Gasteiger partial charge in [0.2, 0.25) is 0 Å². The minimum Gasteiger partial charge on any atom is -0.261 e. The fourth-order valence-corrected chi connectivity index (χ4v) is 5.56. The van der Waals surface area contributed by atoms with Crippen LogP contribution in [0.15, 0.2) is 42.6 Å². The van der Waals surface area contributed by atoms with Gasteiger partial charge in [0, 0.05) is 49.0 Å². The topological polar surface area (TPSA) is 53.5 Å². The molecule has 0 amide bonds. The van der Waals surface area contributed by atoms with Crippen molar-refractivity contribution in [2.24, 2.45) is 0 Å². The summed E-state index contributed by atoms with van der Waals surface area (Å²) in [6.07, 6.45) is 4.53. The maximum absolute atomic E-state index is 12.8. The Labute approximate surface area is 173 Å². The normalized spacial score (nSPS) is 18.5. The zero-order chi connectivity index (χ0) is 20.1. The number of benzene rings is 1. The second-order valence-corrected chi connectivity index (χ2v) is 9.55. The Bertz CT molecular complexity index is 866. The number of piperidine rings is 1. The Morgan fingerprint density at radius 2 is 1.79 bits per heavy atom.